The van der Waals surface area contributed by atoms with Crippen LogP contribution in [-0.2, 0) is 20.0 Å². The van der Waals surface area contributed by atoms with Gasteiger partial charge in [0.05, 0.1) is 17.8 Å². The van der Waals surface area contributed by atoms with Gasteiger partial charge >= 0.3 is 0 Å². The van der Waals surface area contributed by atoms with Crippen molar-refractivity contribution >= 4 is 10.9 Å². The highest BCUT2D eigenvalue weighted by atomic mass is 15.3. The van der Waals surface area contributed by atoms with Crippen LogP contribution in [0.3, 0.4) is 0 Å². The summed E-state index contributed by atoms with van der Waals surface area (Å²) in [6.45, 7) is 1.34. The summed E-state index contributed by atoms with van der Waals surface area (Å²) >= 11 is 0. The van der Waals surface area contributed by atoms with Gasteiger partial charge in [-0.05, 0) is 12.6 Å². The molecule has 2 aromatic heterocycles. The normalized spacial score (nSPS) is 11.3. The van der Waals surface area contributed by atoms with Gasteiger partial charge in [0, 0.05) is 31.2 Å². The fourth-order valence-electron chi connectivity index (χ4n) is 2.41. The molecule has 0 saturated heterocycles. The lowest BCUT2D eigenvalue weighted by atomic mass is 10.2. The Kier molecular flexibility index (Phi) is 3.05. The molecule has 0 bridgehead atoms. The molecule has 3 rings (SSSR count). The second-order valence-electron chi connectivity index (χ2n) is 4.60. The first kappa shape index (κ1) is 11.9. The average Bonchev–Trinajstić information content (AvgIpc) is 2.98. The highest BCUT2D eigenvalue weighted by molar-refractivity contribution is 5.81. The number of aromatic nitrogens is 4. The van der Waals surface area contributed by atoms with E-state index in [-0.39, 0.29) is 0 Å². The van der Waals surface area contributed by atoms with Crippen LogP contribution in [0.2, 0.25) is 0 Å². The molecule has 0 aliphatic rings. The molecule has 0 unspecified atom stereocenters. The Bertz CT molecular complexity index is 695. The standard InChI is InChI=1S/C14H17N5/c1-18-13-5-3-2-4-11(13)12(17-18)10-19-9-8-16-14(19)6-7-15/h2-5,8-9H,6-7,10,15H2,1H3. The summed E-state index contributed by atoms with van der Waals surface area (Å²) in [7, 11) is 1.97. The van der Waals surface area contributed by atoms with E-state index in [2.05, 4.69) is 26.8 Å². The molecule has 0 aliphatic heterocycles. The summed E-state index contributed by atoms with van der Waals surface area (Å²) in [6, 6.07) is 8.27. The van der Waals surface area contributed by atoms with Crippen LogP contribution < -0.4 is 5.73 Å². The number of hydrogen-bond acceptors (Lipinski definition) is 3. The van der Waals surface area contributed by atoms with E-state index in [4.69, 9.17) is 5.73 Å². The Labute approximate surface area is 111 Å². The van der Waals surface area contributed by atoms with E-state index >= 15 is 0 Å². The van der Waals surface area contributed by atoms with Gasteiger partial charge in [-0.25, -0.2) is 4.98 Å². The van der Waals surface area contributed by atoms with Crippen molar-refractivity contribution in [2.75, 3.05) is 6.54 Å². The molecule has 0 amide bonds. The number of para-hydroxylation sites is 1. The van der Waals surface area contributed by atoms with Crippen molar-refractivity contribution in [3.8, 4) is 0 Å². The molecule has 3 aromatic rings. The fraction of sp³-hybridized carbons (Fsp3) is 0.286. The van der Waals surface area contributed by atoms with Crippen molar-refractivity contribution < 1.29 is 0 Å². The van der Waals surface area contributed by atoms with E-state index in [1.165, 1.54) is 5.39 Å². The third kappa shape index (κ3) is 2.13. The maximum atomic E-state index is 5.60. The zero-order valence-corrected chi connectivity index (χ0v) is 11.0. The highest BCUT2D eigenvalue weighted by Gasteiger charge is 2.10. The van der Waals surface area contributed by atoms with Gasteiger partial charge in [0.1, 0.15) is 5.82 Å². The number of imidazole rings is 1. The van der Waals surface area contributed by atoms with E-state index in [9.17, 15) is 0 Å². The third-order valence-corrected chi connectivity index (χ3v) is 3.32. The lowest BCUT2D eigenvalue weighted by Crippen LogP contribution is -2.11. The molecule has 0 spiro atoms. The molecule has 0 atom stereocenters. The summed E-state index contributed by atoms with van der Waals surface area (Å²) in [5.41, 5.74) is 7.82. The van der Waals surface area contributed by atoms with Gasteiger partial charge < -0.3 is 10.3 Å². The number of fused-ring (bicyclic) bond motifs is 1. The SMILES string of the molecule is Cn1nc(Cn2ccnc2CCN)c2ccccc21. The van der Waals surface area contributed by atoms with Gasteiger partial charge in [-0.1, -0.05) is 18.2 Å². The molecule has 0 radical (unpaired) electrons. The van der Waals surface area contributed by atoms with Crippen molar-refractivity contribution in [2.45, 2.75) is 13.0 Å². The Morgan fingerprint density at radius 3 is 2.95 bits per heavy atom. The van der Waals surface area contributed by atoms with Crippen LogP contribution in [0.1, 0.15) is 11.5 Å². The Balaban J connectivity index is 1.99. The van der Waals surface area contributed by atoms with Gasteiger partial charge in [-0.3, -0.25) is 4.68 Å². The Morgan fingerprint density at radius 2 is 2.11 bits per heavy atom. The molecule has 0 saturated carbocycles. The number of aryl methyl sites for hydroxylation is 1. The molecule has 98 valence electrons. The van der Waals surface area contributed by atoms with Crippen LogP contribution in [0.4, 0.5) is 0 Å². The second-order valence-corrected chi connectivity index (χ2v) is 4.60. The minimum atomic E-state index is 0.611. The Morgan fingerprint density at radius 1 is 1.26 bits per heavy atom. The van der Waals surface area contributed by atoms with Crippen LogP contribution in [0.5, 0.6) is 0 Å². The molecule has 5 nitrogen and oxygen atoms in total. The molecule has 2 N–H and O–H groups in total. The maximum Gasteiger partial charge on any atom is 0.110 e. The molecule has 1 aromatic carbocycles. The number of benzene rings is 1. The van der Waals surface area contributed by atoms with Gasteiger partial charge in [-0.2, -0.15) is 5.10 Å². The quantitative estimate of drug-likeness (QED) is 0.764. The first-order valence-electron chi connectivity index (χ1n) is 6.40. The largest absolute Gasteiger partial charge is 0.330 e. The van der Waals surface area contributed by atoms with Crippen LogP contribution in [-0.4, -0.2) is 25.9 Å². The second kappa shape index (κ2) is 4.85. The van der Waals surface area contributed by atoms with Crippen molar-refractivity contribution in [1.29, 1.82) is 0 Å². The van der Waals surface area contributed by atoms with E-state index in [1.807, 2.05) is 36.3 Å². The van der Waals surface area contributed by atoms with Crippen molar-refractivity contribution in [1.82, 2.24) is 19.3 Å². The predicted molar refractivity (Wildman–Crippen MR) is 74.8 cm³/mol. The van der Waals surface area contributed by atoms with Crippen molar-refractivity contribution in [2.24, 2.45) is 12.8 Å². The van der Waals surface area contributed by atoms with Crippen molar-refractivity contribution in [3.05, 3.63) is 48.2 Å². The van der Waals surface area contributed by atoms with Gasteiger partial charge in [0.15, 0.2) is 0 Å². The predicted octanol–water partition coefficient (Wildman–Crippen LogP) is 1.32. The summed E-state index contributed by atoms with van der Waals surface area (Å²) in [5, 5.41) is 5.79. The van der Waals surface area contributed by atoms with E-state index in [0.29, 0.717) is 6.54 Å². The molecule has 0 fully saturated rings. The topological polar surface area (TPSA) is 61.7 Å². The third-order valence-electron chi connectivity index (χ3n) is 3.32. The highest BCUT2D eigenvalue weighted by Crippen LogP contribution is 2.18. The molecule has 2 heterocycles. The summed E-state index contributed by atoms with van der Waals surface area (Å²) in [4.78, 5) is 4.34. The first-order valence-corrected chi connectivity index (χ1v) is 6.40. The minimum absolute atomic E-state index is 0.611. The van der Waals surface area contributed by atoms with Crippen LogP contribution in [0.25, 0.3) is 10.9 Å². The summed E-state index contributed by atoms with van der Waals surface area (Å²) in [5.74, 6) is 1.01. The molecule has 19 heavy (non-hydrogen) atoms. The molecular weight excluding hydrogens is 238 g/mol. The summed E-state index contributed by atoms with van der Waals surface area (Å²) in [6.07, 6.45) is 4.59. The smallest absolute Gasteiger partial charge is 0.110 e. The molecule has 5 heteroatoms. The van der Waals surface area contributed by atoms with E-state index in [1.54, 1.807) is 0 Å². The van der Waals surface area contributed by atoms with Crippen LogP contribution in [0.15, 0.2) is 36.7 Å². The van der Waals surface area contributed by atoms with Crippen LogP contribution in [0, 0.1) is 0 Å². The zero-order chi connectivity index (χ0) is 13.2. The molecular formula is C14H17N5. The minimum Gasteiger partial charge on any atom is -0.330 e. The van der Waals surface area contributed by atoms with Crippen molar-refractivity contribution in [3.63, 3.8) is 0 Å². The maximum absolute atomic E-state index is 5.60. The number of nitrogens with zero attached hydrogens (tertiary/aromatic N) is 4. The summed E-state index contributed by atoms with van der Waals surface area (Å²) < 4.78 is 4.03. The number of hydrogen-bond donors (Lipinski definition) is 1. The monoisotopic (exact) mass is 255 g/mol. The van der Waals surface area contributed by atoms with Crippen LogP contribution >= 0.6 is 0 Å². The van der Waals surface area contributed by atoms with Gasteiger partial charge in [0.25, 0.3) is 0 Å². The molecule has 0 aliphatic carbocycles. The number of rotatable bonds is 4. The number of nitrogens with two attached hydrogens (primary N) is 1. The van der Waals surface area contributed by atoms with Gasteiger partial charge in [0.2, 0.25) is 0 Å². The van der Waals surface area contributed by atoms with E-state index < -0.39 is 0 Å². The zero-order valence-electron chi connectivity index (χ0n) is 11.0. The lowest BCUT2D eigenvalue weighted by molar-refractivity contribution is 0.681. The average molecular weight is 255 g/mol. The van der Waals surface area contributed by atoms with Gasteiger partial charge in [-0.15, -0.1) is 0 Å². The lowest BCUT2D eigenvalue weighted by Gasteiger charge is -2.05. The Hall–Kier alpha value is -2.14. The van der Waals surface area contributed by atoms with E-state index in [0.717, 1.165) is 30.0 Å². The first-order chi connectivity index (χ1) is 9.29. The fourth-order valence-corrected chi connectivity index (χ4v) is 2.41.